The second-order valence-electron chi connectivity index (χ2n) is 6.42. The van der Waals surface area contributed by atoms with E-state index in [-0.39, 0.29) is 29.8 Å². The van der Waals surface area contributed by atoms with E-state index in [9.17, 15) is 9.59 Å². The number of carbonyl (C=O) groups is 1. The molecule has 1 fully saturated rings. The zero-order chi connectivity index (χ0) is 17.2. The summed E-state index contributed by atoms with van der Waals surface area (Å²) in [4.78, 5) is 29.0. The SMILES string of the molecule is O=C(NC1CCCC1)c1ccc(Cn2cnc3ccccc3c2=O)o1. The van der Waals surface area contributed by atoms with Crippen LogP contribution in [0.2, 0.25) is 0 Å². The zero-order valence-electron chi connectivity index (χ0n) is 13.8. The molecule has 0 unspecified atom stereocenters. The Balaban J connectivity index is 1.52. The highest BCUT2D eigenvalue weighted by Crippen LogP contribution is 2.18. The average Bonchev–Trinajstić information content (AvgIpc) is 3.29. The van der Waals surface area contributed by atoms with Crippen LogP contribution in [0, 0.1) is 0 Å². The highest BCUT2D eigenvalue weighted by atomic mass is 16.4. The number of nitrogens with zero attached hydrogens (tertiary/aromatic N) is 2. The minimum Gasteiger partial charge on any atom is -0.454 e. The second-order valence-corrected chi connectivity index (χ2v) is 6.42. The van der Waals surface area contributed by atoms with Gasteiger partial charge in [-0.2, -0.15) is 0 Å². The Morgan fingerprint density at radius 1 is 1.20 bits per heavy atom. The van der Waals surface area contributed by atoms with Crippen molar-refractivity contribution in [2.24, 2.45) is 0 Å². The van der Waals surface area contributed by atoms with Crippen molar-refractivity contribution in [3.8, 4) is 0 Å². The Morgan fingerprint density at radius 2 is 2.00 bits per heavy atom. The third kappa shape index (κ3) is 3.20. The number of amides is 1. The van der Waals surface area contributed by atoms with Gasteiger partial charge in [-0.05, 0) is 37.1 Å². The monoisotopic (exact) mass is 337 g/mol. The van der Waals surface area contributed by atoms with Crippen LogP contribution in [-0.4, -0.2) is 21.5 Å². The summed E-state index contributed by atoms with van der Waals surface area (Å²) < 4.78 is 7.11. The van der Waals surface area contributed by atoms with Gasteiger partial charge in [-0.3, -0.25) is 14.2 Å². The molecule has 0 bridgehead atoms. The van der Waals surface area contributed by atoms with Gasteiger partial charge in [0.1, 0.15) is 5.76 Å². The number of rotatable bonds is 4. The van der Waals surface area contributed by atoms with Crippen LogP contribution in [-0.2, 0) is 6.54 Å². The minimum absolute atomic E-state index is 0.126. The third-order valence-corrected chi connectivity index (χ3v) is 4.63. The maximum atomic E-state index is 12.5. The van der Waals surface area contributed by atoms with Gasteiger partial charge in [0.25, 0.3) is 11.5 Å². The summed E-state index contributed by atoms with van der Waals surface area (Å²) in [5.41, 5.74) is 0.541. The summed E-state index contributed by atoms with van der Waals surface area (Å²) in [5.74, 6) is 0.640. The lowest BCUT2D eigenvalue weighted by Crippen LogP contribution is -2.32. The molecule has 0 radical (unpaired) electrons. The van der Waals surface area contributed by atoms with E-state index in [1.807, 2.05) is 12.1 Å². The van der Waals surface area contributed by atoms with Crippen molar-refractivity contribution < 1.29 is 9.21 Å². The number of fused-ring (bicyclic) bond motifs is 1. The standard InChI is InChI=1S/C19H19N3O3/c23-18(21-13-5-1-2-6-13)17-10-9-14(25-17)11-22-12-20-16-8-4-3-7-15(16)19(22)24/h3-4,7-10,12-13H,1-2,5-6,11H2,(H,21,23). The number of furan rings is 1. The van der Waals surface area contributed by atoms with Crippen LogP contribution in [0.3, 0.4) is 0 Å². The molecule has 1 aromatic carbocycles. The number of aromatic nitrogens is 2. The van der Waals surface area contributed by atoms with Crippen molar-refractivity contribution in [1.29, 1.82) is 0 Å². The van der Waals surface area contributed by atoms with Crippen LogP contribution in [0.5, 0.6) is 0 Å². The van der Waals surface area contributed by atoms with Crippen LogP contribution in [0.25, 0.3) is 10.9 Å². The van der Waals surface area contributed by atoms with Crippen LogP contribution in [0.1, 0.15) is 42.0 Å². The molecule has 1 amide bonds. The summed E-state index contributed by atoms with van der Waals surface area (Å²) >= 11 is 0. The van der Waals surface area contributed by atoms with Crippen LogP contribution < -0.4 is 10.9 Å². The van der Waals surface area contributed by atoms with Gasteiger partial charge in [-0.25, -0.2) is 4.98 Å². The molecule has 1 aliphatic carbocycles. The molecular weight excluding hydrogens is 318 g/mol. The molecule has 1 aliphatic rings. The summed E-state index contributed by atoms with van der Waals surface area (Å²) in [7, 11) is 0. The van der Waals surface area contributed by atoms with Crippen molar-refractivity contribution in [3.63, 3.8) is 0 Å². The number of carbonyl (C=O) groups excluding carboxylic acids is 1. The molecule has 25 heavy (non-hydrogen) atoms. The van der Waals surface area contributed by atoms with Gasteiger partial charge in [-0.15, -0.1) is 0 Å². The lowest BCUT2D eigenvalue weighted by atomic mass is 10.2. The Labute approximate surface area is 144 Å². The molecule has 0 aliphatic heterocycles. The van der Waals surface area contributed by atoms with Gasteiger partial charge in [0.2, 0.25) is 0 Å². The summed E-state index contributed by atoms with van der Waals surface area (Å²) in [5, 5.41) is 3.56. The molecule has 128 valence electrons. The van der Waals surface area contributed by atoms with Crippen molar-refractivity contribution in [3.05, 3.63) is 64.6 Å². The molecule has 0 spiro atoms. The Bertz CT molecular complexity index is 967. The van der Waals surface area contributed by atoms with E-state index in [1.165, 1.54) is 10.9 Å². The smallest absolute Gasteiger partial charge is 0.287 e. The van der Waals surface area contributed by atoms with Crippen molar-refractivity contribution in [2.45, 2.75) is 38.3 Å². The number of hydrogen-bond donors (Lipinski definition) is 1. The first-order valence-corrected chi connectivity index (χ1v) is 8.54. The normalized spacial score (nSPS) is 14.9. The quantitative estimate of drug-likeness (QED) is 0.794. The molecule has 0 saturated heterocycles. The average molecular weight is 337 g/mol. The predicted octanol–water partition coefficient (Wildman–Crippen LogP) is 2.71. The lowest BCUT2D eigenvalue weighted by molar-refractivity contribution is 0.0908. The first kappa shape index (κ1) is 15.6. The molecular formula is C19H19N3O3. The maximum absolute atomic E-state index is 12.5. The van der Waals surface area contributed by atoms with E-state index in [2.05, 4.69) is 10.3 Å². The Morgan fingerprint density at radius 3 is 2.84 bits per heavy atom. The topological polar surface area (TPSA) is 77.1 Å². The van der Waals surface area contributed by atoms with Gasteiger partial charge in [-0.1, -0.05) is 25.0 Å². The second kappa shape index (κ2) is 6.55. The zero-order valence-corrected chi connectivity index (χ0v) is 13.8. The van der Waals surface area contributed by atoms with Crippen molar-refractivity contribution in [1.82, 2.24) is 14.9 Å². The Kier molecular flexibility index (Phi) is 4.09. The van der Waals surface area contributed by atoms with Crippen molar-refractivity contribution in [2.75, 3.05) is 0 Å². The molecule has 1 saturated carbocycles. The van der Waals surface area contributed by atoms with Crippen LogP contribution in [0.4, 0.5) is 0 Å². The van der Waals surface area contributed by atoms with E-state index in [0.29, 0.717) is 16.7 Å². The van der Waals surface area contributed by atoms with Crippen LogP contribution >= 0.6 is 0 Å². The Hall–Kier alpha value is -2.89. The van der Waals surface area contributed by atoms with Gasteiger partial charge in [0.05, 0.1) is 23.8 Å². The summed E-state index contributed by atoms with van der Waals surface area (Å²) in [6.07, 6.45) is 5.87. The van der Waals surface area contributed by atoms with Gasteiger partial charge >= 0.3 is 0 Å². The lowest BCUT2D eigenvalue weighted by Gasteiger charge is -2.10. The van der Waals surface area contributed by atoms with E-state index >= 15 is 0 Å². The molecule has 6 nitrogen and oxygen atoms in total. The highest BCUT2D eigenvalue weighted by Gasteiger charge is 2.20. The van der Waals surface area contributed by atoms with E-state index in [0.717, 1.165) is 25.7 Å². The molecule has 4 rings (SSSR count). The van der Waals surface area contributed by atoms with Gasteiger partial charge in [0.15, 0.2) is 5.76 Å². The fraction of sp³-hybridized carbons (Fsp3) is 0.316. The van der Waals surface area contributed by atoms with E-state index in [4.69, 9.17) is 4.42 Å². The molecule has 0 atom stereocenters. The fourth-order valence-electron chi connectivity index (χ4n) is 3.30. The molecule has 2 heterocycles. The molecule has 6 heteroatoms. The molecule has 2 aromatic heterocycles. The molecule has 1 N–H and O–H groups in total. The van der Waals surface area contributed by atoms with E-state index in [1.54, 1.807) is 24.3 Å². The third-order valence-electron chi connectivity index (χ3n) is 4.63. The molecule has 3 aromatic rings. The minimum atomic E-state index is -0.192. The van der Waals surface area contributed by atoms with Crippen molar-refractivity contribution >= 4 is 16.8 Å². The first-order chi connectivity index (χ1) is 12.2. The first-order valence-electron chi connectivity index (χ1n) is 8.54. The number of hydrogen-bond acceptors (Lipinski definition) is 4. The maximum Gasteiger partial charge on any atom is 0.287 e. The number of nitrogens with one attached hydrogen (secondary N) is 1. The highest BCUT2D eigenvalue weighted by molar-refractivity contribution is 5.91. The van der Waals surface area contributed by atoms with Crippen LogP contribution in [0.15, 0.2) is 51.9 Å². The summed E-state index contributed by atoms with van der Waals surface area (Å²) in [6.45, 7) is 0.243. The van der Waals surface area contributed by atoms with E-state index < -0.39 is 0 Å². The van der Waals surface area contributed by atoms with Gasteiger partial charge in [0, 0.05) is 6.04 Å². The fourth-order valence-corrected chi connectivity index (χ4v) is 3.30. The largest absolute Gasteiger partial charge is 0.454 e. The van der Waals surface area contributed by atoms with Gasteiger partial charge < -0.3 is 9.73 Å². The number of para-hydroxylation sites is 1. The predicted molar refractivity (Wildman–Crippen MR) is 93.5 cm³/mol. The summed E-state index contributed by atoms with van der Waals surface area (Å²) in [6, 6.07) is 10.8. The number of benzene rings is 1.